The highest BCUT2D eigenvalue weighted by atomic mass is 127. The predicted octanol–water partition coefficient (Wildman–Crippen LogP) is 2.80. The van der Waals surface area contributed by atoms with Crippen LogP contribution in [0.3, 0.4) is 0 Å². The predicted molar refractivity (Wildman–Crippen MR) is 126 cm³/mol. The summed E-state index contributed by atoms with van der Waals surface area (Å²) >= 11 is 1.49. The summed E-state index contributed by atoms with van der Waals surface area (Å²) in [6, 6.07) is 10.3. The number of aromatic nitrogens is 2. The Bertz CT molecular complexity index is 733. The molecule has 154 valence electrons. The Kier molecular flexibility index (Phi) is 9.39. The van der Waals surface area contributed by atoms with Gasteiger partial charge in [0.05, 0.1) is 6.10 Å². The van der Waals surface area contributed by atoms with Crippen molar-refractivity contribution in [3.8, 4) is 0 Å². The van der Waals surface area contributed by atoms with Crippen molar-refractivity contribution < 1.29 is 4.74 Å². The van der Waals surface area contributed by atoms with Crippen molar-refractivity contribution in [2.45, 2.75) is 19.4 Å². The number of nitrogens with one attached hydrogen (secondary N) is 1. The summed E-state index contributed by atoms with van der Waals surface area (Å²) in [7, 11) is 3.57. The molecule has 0 aliphatic carbocycles. The first-order chi connectivity index (χ1) is 13.2. The lowest BCUT2D eigenvalue weighted by Gasteiger charge is -2.36. The third kappa shape index (κ3) is 5.77. The summed E-state index contributed by atoms with van der Waals surface area (Å²) < 4.78 is 10.0. The van der Waals surface area contributed by atoms with Gasteiger partial charge in [0.25, 0.3) is 0 Å². The Morgan fingerprint density at radius 1 is 1.25 bits per heavy atom. The average Bonchev–Trinajstić information content (AvgIpc) is 3.22. The van der Waals surface area contributed by atoms with Gasteiger partial charge in [0.1, 0.15) is 5.82 Å². The Balaban J connectivity index is 0.00000280. The fraction of sp³-hybridized carbons (Fsp3) is 0.526. The minimum absolute atomic E-state index is 0. The molecule has 1 aliphatic rings. The van der Waals surface area contributed by atoms with Crippen molar-refractivity contribution >= 4 is 46.6 Å². The van der Waals surface area contributed by atoms with Gasteiger partial charge in [0, 0.05) is 64.8 Å². The molecule has 0 spiro atoms. The molecule has 0 saturated carbocycles. The first-order valence-corrected chi connectivity index (χ1v) is 10.1. The van der Waals surface area contributed by atoms with Crippen LogP contribution in [0.25, 0.3) is 0 Å². The SMILES string of the molecule is CCc1nsc(N2CCN(C(=NC)NCC(OC)c3ccccc3)CC2)n1.I. The fourth-order valence-corrected chi connectivity index (χ4v) is 3.95. The molecule has 1 N–H and O–H groups in total. The number of anilines is 1. The van der Waals surface area contributed by atoms with Crippen LogP contribution in [0, 0.1) is 0 Å². The number of hydrogen-bond donors (Lipinski definition) is 1. The van der Waals surface area contributed by atoms with Gasteiger partial charge in [-0.05, 0) is 5.56 Å². The number of guanidine groups is 1. The monoisotopic (exact) mass is 516 g/mol. The molecule has 1 aromatic heterocycles. The van der Waals surface area contributed by atoms with E-state index in [-0.39, 0.29) is 30.1 Å². The number of benzene rings is 1. The molecule has 0 amide bonds. The van der Waals surface area contributed by atoms with Gasteiger partial charge in [0.15, 0.2) is 5.96 Å². The van der Waals surface area contributed by atoms with Crippen molar-refractivity contribution in [1.82, 2.24) is 19.6 Å². The number of halogens is 1. The standard InChI is InChI=1S/C19H28N6OS.HI/c1-4-17-22-19(27-23-17)25-12-10-24(11-13-25)18(20-2)21-14-16(26-3)15-8-6-5-7-9-15;/h5-9,16H,4,10-14H2,1-3H3,(H,20,21);1H. The van der Waals surface area contributed by atoms with Crippen molar-refractivity contribution in [3.63, 3.8) is 0 Å². The molecule has 28 heavy (non-hydrogen) atoms. The number of ether oxygens (including phenoxy) is 1. The maximum absolute atomic E-state index is 5.65. The van der Waals surface area contributed by atoms with Crippen molar-refractivity contribution in [2.24, 2.45) is 4.99 Å². The van der Waals surface area contributed by atoms with E-state index in [1.807, 2.05) is 25.2 Å². The molecular weight excluding hydrogens is 487 g/mol. The number of piperazine rings is 1. The third-order valence-corrected chi connectivity index (χ3v) is 5.55. The van der Waals surface area contributed by atoms with Gasteiger partial charge in [-0.2, -0.15) is 4.37 Å². The molecule has 1 fully saturated rings. The number of aliphatic imine (C=N–C) groups is 1. The van der Waals surface area contributed by atoms with E-state index in [1.165, 1.54) is 11.5 Å². The smallest absolute Gasteiger partial charge is 0.205 e. The summed E-state index contributed by atoms with van der Waals surface area (Å²) in [5.41, 5.74) is 1.16. The van der Waals surface area contributed by atoms with Gasteiger partial charge >= 0.3 is 0 Å². The van der Waals surface area contributed by atoms with Crippen LogP contribution in [-0.4, -0.2) is 67.1 Å². The average molecular weight is 516 g/mol. The molecule has 1 atom stereocenters. The molecule has 0 bridgehead atoms. The van der Waals surface area contributed by atoms with Gasteiger partial charge < -0.3 is 19.9 Å². The molecule has 1 saturated heterocycles. The summed E-state index contributed by atoms with van der Waals surface area (Å²) in [4.78, 5) is 13.7. The zero-order chi connectivity index (χ0) is 19.1. The van der Waals surface area contributed by atoms with Crippen LogP contribution in [0.2, 0.25) is 0 Å². The van der Waals surface area contributed by atoms with E-state index in [9.17, 15) is 0 Å². The van der Waals surface area contributed by atoms with Crippen LogP contribution in [0.4, 0.5) is 5.13 Å². The molecule has 9 heteroatoms. The Morgan fingerprint density at radius 2 is 1.96 bits per heavy atom. The van der Waals surface area contributed by atoms with Crippen LogP contribution in [0.15, 0.2) is 35.3 Å². The summed E-state index contributed by atoms with van der Waals surface area (Å²) in [6.45, 7) is 6.43. The zero-order valence-electron chi connectivity index (χ0n) is 16.7. The molecule has 1 aliphatic heterocycles. The first-order valence-electron chi connectivity index (χ1n) is 9.36. The van der Waals surface area contributed by atoms with Crippen LogP contribution in [0.1, 0.15) is 24.4 Å². The maximum atomic E-state index is 5.65. The van der Waals surface area contributed by atoms with Crippen molar-refractivity contribution in [3.05, 3.63) is 41.7 Å². The molecule has 1 unspecified atom stereocenters. The Labute approximate surface area is 188 Å². The lowest BCUT2D eigenvalue weighted by molar-refractivity contribution is 0.105. The highest BCUT2D eigenvalue weighted by molar-refractivity contribution is 14.0. The maximum Gasteiger partial charge on any atom is 0.205 e. The molecule has 1 aromatic carbocycles. The number of nitrogens with zero attached hydrogens (tertiary/aromatic N) is 5. The fourth-order valence-electron chi connectivity index (χ4n) is 3.15. The summed E-state index contributed by atoms with van der Waals surface area (Å²) in [5, 5.41) is 4.49. The minimum atomic E-state index is -0.00176. The van der Waals surface area contributed by atoms with Crippen LogP contribution in [-0.2, 0) is 11.2 Å². The van der Waals surface area contributed by atoms with Crippen molar-refractivity contribution in [1.29, 1.82) is 0 Å². The van der Waals surface area contributed by atoms with Crippen molar-refractivity contribution in [2.75, 3.05) is 51.8 Å². The molecule has 0 radical (unpaired) electrons. The number of rotatable bonds is 6. The highest BCUT2D eigenvalue weighted by Gasteiger charge is 2.22. The lowest BCUT2D eigenvalue weighted by atomic mass is 10.1. The second-order valence-electron chi connectivity index (χ2n) is 6.38. The number of hydrogen-bond acceptors (Lipinski definition) is 6. The summed E-state index contributed by atoms with van der Waals surface area (Å²) in [5.74, 6) is 1.85. The van der Waals surface area contributed by atoms with E-state index < -0.39 is 0 Å². The zero-order valence-corrected chi connectivity index (χ0v) is 19.8. The third-order valence-electron chi connectivity index (χ3n) is 4.74. The van der Waals surface area contributed by atoms with Crippen LogP contribution < -0.4 is 10.2 Å². The molecule has 7 nitrogen and oxygen atoms in total. The second-order valence-corrected chi connectivity index (χ2v) is 7.11. The number of aryl methyl sites for hydroxylation is 1. The van der Waals surface area contributed by atoms with Gasteiger partial charge in [-0.3, -0.25) is 4.99 Å². The topological polar surface area (TPSA) is 65.9 Å². The second kappa shape index (κ2) is 11.5. The molecule has 2 heterocycles. The molecule has 3 rings (SSSR count). The quantitative estimate of drug-likeness (QED) is 0.362. The normalized spacial score (nSPS) is 15.9. The highest BCUT2D eigenvalue weighted by Crippen LogP contribution is 2.19. The Morgan fingerprint density at radius 3 is 2.54 bits per heavy atom. The van der Waals surface area contributed by atoms with Gasteiger partial charge in [-0.25, -0.2) is 4.98 Å². The Hall–Kier alpha value is -1.46. The van der Waals surface area contributed by atoms with E-state index in [0.717, 1.165) is 55.1 Å². The van der Waals surface area contributed by atoms with Gasteiger partial charge in [0.2, 0.25) is 5.13 Å². The van der Waals surface area contributed by atoms with E-state index in [1.54, 1.807) is 7.11 Å². The van der Waals surface area contributed by atoms with E-state index in [4.69, 9.17) is 4.74 Å². The largest absolute Gasteiger partial charge is 0.375 e. The van der Waals surface area contributed by atoms with Crippen LogP contribution >= 0.6 is 35.5 Å². The van der Waals surface area contributed by atoms with E-state index in [2.05, 4.69) is 48.5 Å². The molecule has 2 aromatic rings. The minimum Gasteiger partial charge on any atom is -0.375 e. The summed E-state index contributed by atoms with van der Waals surface area (Å²) in [6.07, 6.45) is 0.882. The molecular formula is C19H29IN6OS. The lowest BCUT2D eigenvalue weighted by Crippen LogP contribution is -2.53. The first kappa shape index (κ1) is 22.8. The van der Waals surface area contributed by atoms with Crippen LogP contribution in [0.5, 0.6) is 0 Å². The number of methoxy groups -OCH3 is 1. The van der Waals surface area contributed by atoms with E-state index in [0.29, 0.717) is 6.54 Å². The van der Waals surface area contributed by atoms with E-state index >= 15 is 0 Å². The van der Waals surface area contributed by atoms with Gasteiger partial charge in [-0.15, -0.1) is 24.0 Å². The van der Waals surface area contributed by atoms with Gasteiger partial charge in [-0.1, -0.05) is 37.3 Å².